The molecule has 1 aromatic heterocycles. The lowest BCUT2D eigenvalue weighted by molar-refractivity contribution is 0.0949. The maximum atomic E-state index is 12.4. The van der Waals surface area contributed by atoms with E-state index in [-0.39, 0.29) is 22.1 Å². The molecule has 0 aliphatic rings. The smallest absolute Gasteiger partial charge is 0.252 e. The first-order valence-corrected chi connectivity index (χ1v) is 11.0. The van der Waals surface area contributed by atoms with Crippen molar-refractivity contribution in [3.8, 4) is 0 Å². The van der Waals surface area contributed by atoms with Gasteiger partial charge in [0.1, 0.15) is 0 Å². The fourth-order valence-electron chi connectivity index (χ4n) is 2.52. The Hall–Kier alpha value is -1.73. The van der Waals surface area contributed by atoms with Crippen molar-refractivity contribution < 1.29 is 13.2 Å². The Morgan fingerprint density at radius 2 is 2.00 bits per heavy atom. The molecule has 0 atom stereocenters. The van der Waals surface area contributed by atoms with Crippen molar-refractivity contribution in [1.82, 2.24) is 10.3 Å². The molecule has 2 rings (SSSR count). The SMILES string of the molecule is CCCS(=O)(=O)c1ccccc1C(=O)NCCCCc1nc(C)cs1. The first kappa shape index (κ1) is 19.6. The average molecular weight is 381 g/mol. The lowest BCUT2D eigenvalue weighted by atomic mass is 10.2. The molecule has 25 heavy (non-hydrogen) atoms. The van der Waals surface area contributed by atoms with Crippen LogP contribution in [-0.2, 0) is 16.3 Å². The average Bonchev–Trinajstić information content (AvgIpc) is 2.99. The molecular weight excluding hydrogens is 356 g/mol. The van der Waals surface area contributed by atoms with Gasteiger partial charge in [-0.1, -0.05) is 19.1 Å². The van der Waals surface area contributed by atoms with Crippen LogP contribution in [0.25, 0.3) is 0 Å². The minimum absolute atomic E-state index is 0.0462. The molecule has 0 unspecified atom stereocenters. The second-order valence-electron chi connectivity index (χ2n) is 5.91. The van der Waals surface area contributed by atoms with Gasteiger partial charge in [0, 0.05) is 17.6 Å². The number of sulfone groups is 1. The molecule has 1 heterocycles. The van der Waals surface area contributed by atoms with E-state index < -0.39 is 9.84 Å². The highest BCUT2D eigenvalue weighted by Crippen LogP contribution is 2.18. The highest BCUT2D eigenvalue weighted by Gasteiger charge is 2.21. The topological polar surface area (TPSA) is 76.1 Å². The molecule has 7 heteroatoms. The molecule has 2 aromatic rings. The number of nitrogens with zero attached hydrogens (tertiary/aromatic N) is 1. The molecule has 0 radical (unpaired) electrons. The fraction of sp³-hybridized carbons (Fsp3) is 0.444. The molecule has 1 amide bonds. The number of carbonyl (C=O) groups is 1. The number of hydrogen-bond acceptors (Lipinski definition) is 5. The summed E-state index contributed by atoms with van der Waals surface area (Å²) in [5, 5.41) is 5.97. The van der Waals surface area contributed by atoms with Gasteiger partial charge in [-0.3, -0.25) is 4.79 Å². The third-order valence-corrected chi connectivity index (χ3v) is 6.71. The Morgan fingerprint density at radius 1 is 1.24 bits per heavy atom. The third kappa shape index (κ3) is 5.64. The molecule has 0 aliphatic carbocycles. The summed E-state index contributed by atoms with van der Waals surface area (Å²) in [6, 6.07) is 6.40. The van der Waals surface area contributed by atoms with Crippen molar-refractivity contribution in [3.05, 3.63) is 45.9 Å². The molecular formula is C18H24N2O3S2. The second-order valence-corrected chi connectivity index (χ2v) is 8.93. The van der Waals surface area contributed by atoms with Crippen LogP contribution in [0.1, 0.15) is 47.2 Å². The summed E-state index contributed by atoms with van der Waals surface area (Å²) in [5.41, 5.74) is 1.27. The van der Waals surface area contributed by atoms with Crippen LogP contribution in [0.5, 0.6) is 0 Å². The molecule has 0 spiro atoms. The van der Waals surface area contributed by atoms with Crippen molar-refractivity contribution >= 4 is 27.1 Å². The number of benzene rings is 1. The highest BCUT2D eigenvalue weighted by molar-refractivity contribution is 7.91. The van der Waals surface area contributed by atoms with Crippen molar-refractivity contribution in [2.45, 2.75) is 44.4 Å². The lowest BCUT2D eigenvalue weighted by Gasteiger charge is -2.10. The number of thiazole rings is 1. The van der Waals surface area contributed by atoms with Crippen LogP contribution >= 0.6 is 11.3 Å². The molecule has 5 nitrogen and oxygen atoms in total. The van der Waals surface area contributed by atoms with Crippen LogP contribution in [0.3, 0.4) is 0 Å². The fourth-order valence-corrected chi connectivity index (χ4v) is 4.88. The molecule has 0 aliphatic heterocycles. The minimum Gasteiger partial charge on any atom is -0.352 e. The number of rotatable bonds is 9. The molecule has 1 aromatic carbocycles. The predicted molar refractivity (Wildman–Crippen MR) is 101 cm³/mol. The van der Waals surface area contributed by atoms with Crippen LogP contribution in [0.2, 0.25) is 0 Å². The maximum Gasteiger partial charge on any atom is 0.252 e. The van der Waals surface area contributed by atoms with Crippen LogP contribution in [-0.4, -0.2) is 31.6 Å². The zero-order valence-electron chi connectivity index (χ0n) is 14.6. The van der Waals surface area contributed by atoms with Gasteiger partial charge in [0.25, 0.3) is 5.91 Å². The van der Waals surface area contributed by atoms with E-state index in [2.05, 4.69) is 10.3 Å². The van der Waals surface area contributed by atoms with E-state index in [1.807, 2.05) is 19.2 Å². The van der Waals surface area contributed by atoms with Crippen LogP contribution in [0, 0.1) is 6.92 Å². The number of aryl methyl sites for hydroxylation is 2. The van der Waals surface area contributed by atoms with E-state index in [0.717, 1.165) is 30.0 Å². The van der Waals surface area contributed by atoms with E-state index >= 15 is 0 Å². The summed E-state index contributed by atoms with van der Waals surface area (Å²) in [6.07, 6.45) is 3.18. The van der Waals surface area contributed by atoms with Crippen LogP contribution in [0.4, 0.5) is 0 Å². The largest absolute Gasteiger partial charge is 0.352 e. The van der Waals surface area contributed by atoms with Crippen LogP contribution < -0.4 is 5.32 Å². The van der Waals surface area contributed by atoms with Gasteiger partial charge in [-0.25, -0.2) is 13.4 Å². The van der Waals surface area contributed by atoms with E-state index in [9.17, 15) is 13.2 Å². The van der Waals surface area contributed by atoms with Crippen molar-refractivity contribution in [1.29, 1.82) is 0 Å². The summed E-state index contributed by atoms with van der Waals surface area (Å²) in [6.45, 7) is 4.31. The molecule has 1 N–H and O–H groups in total. The second kappa shape index (κ2) is 9.10. The number of unbranched alkanes of at least 4 members (excludes halogenated alkanes) is 1. The Balaban J connectivity index is 1.88. The van der Waals surface area contributed by atoms with E-state index in [0.29, 0.717) is 13.0 Å². The van der Waals surface area contributed by atoms with Gasteiger partial charge in [-0.2, -0.15) is 0 Å². The van der Waals surface area contributed by atoms with Gasteiger partial charge in [-0.15, -0.1) is 11.3 Å². The van der Waals surface area contributed by atoms with Gasteiger partial charge < -0.3 is 5.32 Å². The normalized spacial score (nSPS) is 11.4. The zero-order valence-corrected chi connectivity index (χ0v) is 16.3. The van der Waals surface area contributed by atoms with E-state index in [1.165, 1.54) is 6.07 Å². The third-order valence-electron chi connectivity index (χ3n) is 3.71. The van der Waals surface area contributed by atoms with Crippen molar-refractivity contribution in [2.24, 2.45) is 0 Å². The monoisotopic (exact) mass is 380 g/mol. The summed E-state index contributed by atoms with van der Waals surface area (Å²) in [5.74, 6) is -0.287. The maximum absolute atomic E-state index is 12.4. The Morgan fingerprint density at radius 3 is 2.68 bits per heavy atom. The van der Waals surface area contributed by atoms with Crippen molar-refractivity contribution in [2.75, 3.05) is 12.3 Å². The summed E-state index contributed by atoms with van der Waals surface area (Å²) in [4.78, 5) is 16.9. The lowest BCUT2D eigenvalue weighted by Crippen LogP contribution is -2.26. The first-order valence-electron chi connectivity index (χ1n) is 8.45. The minimum atomic E-state index is -3.42. The zero-order chi connectivity index (χ0) is 18.3. The highest BCUT2D eigenvalue weighted by atomic mass is 32.2. The van der Waals surface area contributed by atoms with Gasteiger partial charge >= 0.3 is 0 Å². The molecule has 0 bridgehead atoms. The van der Waals surface area contributed by atoms with Gasteiger partial charge in [-0.05, 0) is 44.7 Å². The van der Waals surface area contributed by atoms with Gasteiger partial charge in [0.2, 0.25) is 0 Å². The standard InChI is InChI=1S/C18H24N2O3S2/c1-3-12-25(22,23)16-9-5-4-8-15(16)18(21)19-11-7-6-10-17-20-14(2)13-24-17/h4-5,8-9,13H,3,6-7,10-12H2,1-2H3,(H,19,21). The summed E-state index contributed by atoms with van der Waals surface area (Å²) >= 11 is 1.65. The molecule has 0 saturated heterocycles. The Labute approximate surface area is 153 Å². The Kier molecular flexibility index (Phi) is 7.13. The van der Waals surface area contributed by atoms with Crippen LogP contribution in [0.15, 0.2) is 34.5 Å². The molecule has 0 fully saturated rings. The number of amides is 1. The van der Waals surface area contributed by atoms with E-state index in [1.54, 1.807) is 29.5 Å². The van der Waals surface area contributed by atoms with Crippen molar-refractivity contribution in [3.63, 3.8) is 0 Å². The van der Waals surface area contributed by atoms with Gasteiger partial charge in [0.05, 0.1) is 21.2 Å². The summed E-state index contributed by atoms with van der Waals surface area (Å²) < 4.78 is 24.6. The first-order chi connectivity index (χ1) is 11.9. The molecule has 136 valence electrons. The quantitative estimate of drug-likeness (QED) is 0.677. The van der Waals surface area contributed by atoms with E-state index in [4.69, 9.17) is 0 Å². The predicted octanol–water partition coefficient (Wildman–Crippen LogP) is 3.39. The number of carbonyl (C=O) groups excluding carboxylic acids is 1. The number of hydrogen-bond donors (Lipinski definition) is 1. The van der Waals surface area contributed by atoms with Gasteiger partial charge in [0.15, 0.2) is 9.84 Å². The Bertz CT molecular complexity index is 813. The number of aromatic nitrogens is 1. The number of nitrogens with one attached hydrogen (secondary N) is 1. The summed E-state index contributed by atoms with van der Waals surface area (Å²) in [7, 11) is -3.42. The molecule has 0 saturated carbocycles.